The first-order valence-corrected chi connectivity index (χ1v) is 6.50. The summed E-state index contributed by atoms with van der Waals surface area (Å²) in [6.45, 7) is 1.76. The van der Waals surface area contributed by atoms with Crippen LogP contribution in [0.2, 0.25) is 0 Å². The monoisotopic (exact) mass is 332 g/mol. The van der Waals surface area contributed by atoms with Crippen molar-refractivity contribution in [2.75, 3.05) is 0 Å². The minimum absolute atomic E-state index is 0.162. The third kappa shape index (κ3) is 3.39. The van der Waals surface area contributed by atoms with E-state index < -0.39 is 23.6 Å². The predicted molar refractivity (Wildman–Crippen MR) is 64.4 cm³/mol. The molecule has 21 heavy (non-hydrogen) atoms. The van der Waals surface area contributed by atoms with Gasteiger partial charge in [0.2, 0.25) is 0 Å². The normalized spacial score (nSPS) is 20.3. The highest BCUT2D eigenvalue weighted by atomic mass is 35.5. The fraction of sp³-hybridized carbons (Fsp3) is 0.538. The van der Waals surface area contributed by atoms with Crippen molar-refractivity contribution >= 4 is 11.6 Å². The van der Waals surface area contributed by atoms with E-state index in [9.17, 15) is 26.3 Å². The van der Waals surface area contributed by atoms with Gasteiger partial charge in [-0.05, 0) is 24.1 Å². The average Bonchev–Trinajstić information content (AvgIpc) is 2.63. The van der Waals surface area contributed by atoms with Gasteiger partial charge in [0, 0.05) is 6.42 Å². The molecule has 1 aromatic carbocycles. The van der Waals surface area contributed by atoms with E-state index in [2.05, 4.69) is 0 Å². The molecule has 0 bridgehead atoms. The molecule has 0 saturated carbocycles. The summed E-state index contributed by atoms with van der Waals surface area (Å²) in [7, 11) is 0. The Balaban J connectivity index is 2.34. The maximum Gasteiger partial charge on any atom is 0.402 e. The Morgan fingerprint density at radius 1 is 1.14 bits per heavy atom. The van der Waals surface area contributed by atoms with Crippen LogP contribution in [0.5, 0.6) is 5.75 Å². The zero-order valence-corrected chi connectivity index (χ0v) is 11.5. The van der Waals surface area contributed by atoms with E-state index in [0.29, 0.717) is 17.7 Å². The summed E-state index contributed by atoms with van der Waals surface area (Å²) in [6.07, 6.45) is -10.7. The molecule has 0 amide bonds. The SMILES string of the molecule is CC1Cc2cc(C(Cl)C(C(F)(F)F)C(F)(F)F)ccc2O1. The minimum Gasteiger partial charge on any atom is -0.490 e. The second-order valence-corrected chi connectivity index (χ2v) is 5.43. The average molecular weight is 333 g/mol. The summed E-state index contributed by atoms with van der Waals surface area (Å²) >= 11 is 5.50. The maximum atomic E-state index is 12.7. The topological polar surface area (TPSA) is 9.23 Å². The molecule has 0 saturated heterocycles. The van der Waals surface area contributed by atoms with Gasteiger partial charge >= 0.3 is 12.4 Å². The summed E-state index contributed by atoms with van der Waals surface area (Å²) in [5.41, 5.74) is 0.349. The Kier molecular flexibility index (Phi) is 4.08. The van der Waals surface area contributed by atoms with Crippen LogP contribution in [-0.2, 0) is 6.42 Å². The van der Waals surface area contributed by atoms with Crippen molar-refractivity contribution in [3.05, 3.63) is 29.3 Å². The summed E-state index contributed by atoms with van der Waals surface area (Å²) in [6, 6.07) is 3.74. The van der Waals surface area contributed by atoms with Crippen molar-refractivity contribution in [3.63, 3.8) is 0 Å². The second-order valence-electron chi connectivity index (χ2n) is 4.96. The third-order valence-electron chi connectivity index (χ3n) is 3.24. The number of ether oxygens (including phenoxy) is 1. The molecule has 1 nitrogen and oxygen atoms in total. The largest absolute Gasteiger partial charge is 0.490 e. The fourth-order valence-corrected chi connectivity index (χ4v) is 2.74. The van der Waals surface area contributed by atoms with Gasteiger partial charge in [-0.1, -0.05) is 12.1 Å². The fourth-order valence-electron chi connectivity index (χ4n) is 2.32. The van der Waals surface area contributed by atoms with E-state index >= 15 is 0 Å². The number of hydrogen-bond acceptors (Lipinski definition) is 1. The van der Waals surface area contributed by atoms with E-state index in [1.54, 1.807) is 6.92 Å². The van der Waals surface area contributed by atoms with Gasteiger partial charge in [-0.3, -0.25) is 0 Å². The first-order chi connectivity index (χ1) is 9.50. The van der Waals surface area contributed by atoms with Crippen molar-refractivity contribution in [2.45, 2.75) is 37.2 Å². The van der Waals surface area contributed by atoms with Gasteiger partial charge in [0.25, 0.3) is 0 Å². The van der Waals surface area contributed by atoms with Crippen molar-refractivity contribution in [1.29, 1.82) is 0 Å². The van der Waals surface area contributed by atoms with Gasteiger partial charge < -0.3 is 4.74 Å². The van der Waals surface area contributed by atoms with Gasteiger partial charge in [-0.2, -0.15) is 26.3 Å². The smallest absolute Gasteiger partial charge is 0.402 e. The molecule has 0 fully saturated rings. The van der Waals surface area contributed by atoms with Gasteiger partial charge in [0.15, 0.2) is 5.92 Å². The molecular weight excluding hydrogens is 322 g/mol. The minimum atomic E-state index is -5.46. The van der Waals surface area contributed by atoms with E-state index in [0.717, 1.165) is 6.07 Å². The van der Waals surface area contributed by atoms with Crippen LogP contribution in [0.4, 0.5) is 26.3 Å². The molecule has 0 aliphatic carbocycles. The second kappa shape index (κ2) is 5.26. The van der Waals surface area contributed by atoms with Crippen LogP contribution in [0.1, 0.15) is 23.4 Å². The van der Waals surface area contributed by atoms with Crippen molar-refractivity contribution in [1.82, 2.24) is 0 Å². The summed E-state index contributed by atoms with van der Waals surface area (Å²) in [4.78, 5) is 0. The Morgan fingerprint density at radius 3 is 2.24 bits per heavy atom. The van der Waals surface area contributed by atoms with Crippen LogP contribution in [0, 0.1) is 5.92 Å². The lowest BCUT2D eigenvalue weighted by molar-refractivity contribution is -0.284. The van der Waals surface area contributed by atoms with E-state index in [1.165, 1.54) is 12.1 Å². The highest BCUT2D eigenvalue weighted by molar-refractivity contribution is 6.21. The molecule has 0 aromatic heterocycles. The summed E-state index contributed by atoms with van der Waals surface area (Å²) in [5.74, 6) is -3.14. The Bertz CT molecular complexity index is 510. The van der Waals surface area contributed by atoms with Crippen LogP contribution in [0.25, 0.3) is 0 Å². The molecule has 1 aliphatic heterocycles. The molecule has 8 heteroatoms. The molecule has 0 N–H and O–H groups in total. The van der Waals surface area contributed by atoms with Gasteiger partial charge in [-0.15, -0.1) is 11.6 Å². The first kappa shape index (κ1) is 16.3. The highest BCUT2D eigenvalue weighted by Crippen LogP contribution is 2.49. The standard InChI is InChI=1S/C13H11ClF6O/c1-6-4-8-5-7(2-3-9(8)21-6)10(14)11(12(15,16)17)13(18,19)20/h2-3,5-6,10-11H,4H2,1H3. The molecule has 2 atom stereocenters. The number of alkyl halides is 7. The number of halogens is 7. The molecule has 1 heterocycles. The van der Waals surface area contributed by atoms with Crippen LogP contribution in [0.15, 0.2) is 18.2 Å². The molecule has 1 aliphatic rings. The Labute approximate surface area is 121 Å². The number of fused-ring (bicyclic) bond motifs is 1. The van der Waals surface area contributed by atoms with E-state index in [1.807, 2.05) is 0 Å². The molecule has 0 spiro atoms. The van der Waals surface area contributed by atoms with Gasteiger partial charge in [-0.25, -0.2) is 0 Å². The Morgan fingerprint density at radius 2 is 1.71 bits per heavy atom. The number of hydrogen-bond donors (Lipinski definition) is 0. The lowest BCUT2D eigenvalue weighted by atomic mass is 9.95. The maximum absolute atomic E-state index is 12.7. The van der Waals surface area contributed by atoms with E-state index in [4.69, 9.17) is 16.3 Å². The summed E-state index contributed by atoms with van der Waals surface area (Å²) in [5, 5.41) is -2.23. The third-order valence-corrected chi connectivity index (χ3v) is 3.74. The molecular formula is C13H11ClF6O. The van der Waals surface area contributed by atoms with E-state index in [-0.39, 0.29) is 11.7 Å². The molecule has 0 radical (unpaired) electrons. The number of rotatable bonds is 2. The summed E-state index contributed by atoms with van der Waals surface area (Å²) < 4.78 is 81.3. The van der Waals surface area contributed by atoms with Crippen molar-refractivity contribution in [3.8, 4) is 5.75 Å². The quantitative estimate of drug-likeness (QED) is 0.545. The van der Waals surface area contributed by atoms with Crippen LogP contribution >= 0.6 is 11.6 Å². The predicted octanol–water partition coefficient (Wildman–Crippen LogP) is 5.03. The highest BCUT2D eigenvalue weighted by Gasteiger charge is 2.60. The van der Waals surface area contributed by atoms with Crippen molar-refractivity contribution < 1.29 is 31.1 Å². The molecule has 2 unspecified atom stereocenters. The first-order valence-electron chi connectivity index (χ1n) is 6.07. The van der Waals surface area contributed by atoms with Crippen LogP contribution < -0.4 is 4.74 Å². The van der Waals surface area contributed by atoms with Crippen molar-refractivity contribution in [2.24, 2.45) is 5.92 Å². The van der Waals surface area contributed by atoms with Crippen LogP contribution in [0.3, 0.4) is 0 Å². The molecule has 118 valence electrons. The number of benzene rings is 1. The van der Waals surface area contributed by atoms with Gasteiger partial charge in [0.1, 0.15) is 11.9 Å². The lowest BCUT2D eigenvalue weighted by Crippen LogP contribution is -2.39. The van der Waals surface area contributed by atoms with Gasteiger partial charge in [0.05, 0.1) is 5.38 Å². The lowest BCUT2D eigenvalue weighted by Gasteiger charge is -2.27. The zero-order valence-electron chi connectivity index (χ0n) is 10.7. The van der Waals surface area contributed by atoms with Crippen LogP contribution in [-0.4, -0.2) is 18.5 Å². The zero-order chi connectivity index (χ0) is 16.0. The Hall–Kier alpha value is -1.11. The molecule has 2 rings (SSSR count). The molecule has 1 aromatic rings.